The summed E-state index contributed by atoms with van der Waals surface area (Å²) in [5.74, 6) is 5.04. The van der Waals surface area contributed by atoms with E-state index >= 15 is 0 Å². The van der Waals surface area contributed by atoms with Crippen LogP contribution in [0.15, 0.2) is 0 Å². The molecule has 0 aromatic carbocycles. The highest BCUT2D eigenvalue weighted by Crippen LogP contribution is 2.10. The van der Waals surface area contributed by atoms with Gasteiger partial charge in [-0.2, -0.15) is 0 Å². The number of nitrogens with two attached hydrogens (primary N) is 1. The normalized spacial score (nSPS) is 15.3. The zero-order chi connectivity index (χ0) is 11.1. The summed E-state index contributed by atoms with van der Waals surface area (Å²) < 4.78 is 0. The molecule has 4 heteroatoms. The highest BCUT2D eigenvalue weighted by molar-refractivity contribution is 5.81. The zero-order valence-corrected chi connectivity index (χ0v) is 9.71. The molecule has 0 rings (SSSR count). The highest BCUT2D eigenvalue weighted by Gasteiger charge is 2.23. The second-order valence-corrected chi connectivity index (χ2v) is 3.74. The molecule has 1 amide bonds. The van der Waals surface area contributed by atoms with E-state index in [9.17, 15) is 4.79 Å². The molecular formula is C10H23N3O. The molecule has 0 aliphatic rings. The van der Waals surface area contributed by atoms with Crippen LogP contribution in [-0.2, 0) is 4.79 Å². The standard InChI is InChI=1S/C10H23N3O/c1-5-7-8(3)13(4)9(6-2)10(14)12-11/h8-9H,5-7,11H2,1-4H3,(H,12,14). The van der Waals surface area contributed by atoms with Gasteiger partial charge in [-0.3, -0.25) is 15.1 Å². The van der Waals surface area contributed by atoms with Gasteiger partial charge in [0.2, 0.25) is 0 Å². The van der Waals surface area contributed by atoms with Crippen molar-refractivity contribution in [3.63, 3.8) is 0 Å². The molecule has 2 atom stereocenters. The van der Waals surface area contributed by atoms with Gasteiger partial charge in [-0.25, -0.2) is 5.84 Å². The fraction of sp³-hybridized carbons (Fsp3) is 0.900. The van der Waals surface area contributed by atoms with Gasteiger partial charge in [0.15, 0.2) is 0 Å². The number of amides is 1. The van der Waals surface area contributed by atoms with E-state index in [1.54, 1.807) is 0 Å². The number of likely N-dealkylation sites (N-methyl/N-ethyl adjacent to an activating group) is 1. The SMILES string of the molecule is CCCC(C)N(C)C(CC)C(=O)NN. The van der Waals surface area contributed by atoms with Crippen molar-refractivity contribution in [2.45, 2.75) is 52.1 Å². The van der Waals surface area contributed by atoms with Crippen molar-refractivity contribution in [3.05, 3.63) is 0 Å². The summed E-state index contributed by atoms with van der Waals surface area (Å²) >= 11 is 0. The number of hydrogen-bond acceptors (Lipinski definition) is 3. The summed E-state index contributed by atoms with van der Waals surface area (Å²) in [4.78, 5) is 13.5. The predicted molar refractivity (Wildman–Crippen MR) is 58.5 cm³/mol. The second kappa shape index (κ2) is 6.79. The Labute approximate surface area is 86.8 Å². The molecule has 0 spiro atoms. The molecule has 0 bridgehead atoms. The molecule has 4 nitrogen and oxygen atoms in total. The van der Waals surface area contributed by atoms with Gasteiger partial charge in [-0.15, -0.1) is 0 Å². The van der Waals surface area contributed by atoms with Gasteiger partial charge in [0.25, 0.3) is 5.91 Å². The van der Waals surface area contributed by atoms with Gasteiger partial charge in [-0.05, 0) is 26.8 Å². The lowest BCUT2D eigenvalue weighted by atomic mass is 10.1. The molecule has 0 heterocycles. The lowest BCUT2D eigenvalue weighted by molar-refractivity contribution is -0.126. The number of nitrogens with zero attached hydrogens (tertiary/aromatic N) is 1. The van der Waals surface area contributed by atoms with E-state index in [1.807, 2.05) is 14.0 Å². The molecule has 0 aliphatic heterocycles. The third kappa shape index (κ3) is 3.64. The Morgan fingerprint density at radius 2 is 2.07 bits per heavy atom. The zero-order valence-electron chi connectivity index (χ0n) is 9.71. The van der Waals surface area contributed by atoms with Crippen LogP contribution in [0.3, 0.4) is 0 Å². The Kier molecular flexibility index (Phi) is 6.49. The maximum absolute atomic E-state index is 11.4. The van der Waals surface area contributed by atoms with Gasteiger partial charge in [-0.1, -0.05) is 20.3 Å². The van der Waals surface area contributed by atoms with E-state index in [2.05, 4.69) is 24.2 Å². The number of carbonyl (C=O) groups is 1. The smallest absolute Gasteiger partial charge is 0.251 e. The lowest BCUT2D eigenvalue weighted by Crippen LogP contribution is -2.50. The van der Waals surface area contributed by atoms with Crippen LogP contribution in [0.4, 0.5) is 0 Å². The van der Waals surface area contributed by atoms with Gasteiger partial charge in [0.05, 0.1) is 6.04 Å². The average Bonchev–Trinajstić information content (AvgIpc) is 2.18. The molecule has 0 aliphatic carbocycles. The number of hydrogen-bond donors (Lipinski definition) is 2. The third-order valence-electron chi connectivity index (χ3n) is 2.72. The second-order valence-electron chi connectivity index (χ2n) is 3.74. The summed E-state index contributed by atoms with van der Waals surface area (Å²) in [6, 6.07) is 0.309. The van der Waals surface area contributed by atoms with Crippen molar-refractivity contribution in [1.82, 2.24) is 10.3 Å². The van der Waals surface area contributed by atoms with Crippen LogP contribution in [0, 0.1) is 0 Å². The fourth-order valence-electron chi connectivity index (χ4n) is 1.68. The van der Waals surface area contributed by atoms with E-state index in [0.717, 1.165) is 19.3 Å². The summed E-state index contributed by atoms with van der Waals surface area (Å²) in [6.45, 7) is 6.28. The minimum Gasteiger partial charge on any atom is -0.293 e. The Bertz CT molecular complexity index is 173. The topological polar surface area (TPSA) is 58.4 Å². The Balaban J connectivity index is 4.29. The van der Waals surface area contributed by atoms with Crippen molar-refractivity contribution < 1.29 is 4.79 Å². The molecule has 0 aromatic rings. The first-order chi connectivity index (χ1) is 6.58. The van der Waals surface area contributed by atoms with Crippen LogP contribution in [0.1, 0.15) is 40.0 Å². The van der Waals surface area contributed by atoms with Gasteiger partial charge < -0.3 is 0 Å². The first-order valence-corrected chi connectivity index (χ1v) is 5.30. The molecular weight excluding hydrogens is 178 g/mol. The fourth-order valence-corrected chi connectivity index (χ4v) is 1.68. The van der Waals surface area contributed by atoms with Crippen molar-refractivity contribution in [1.29, 1.82) is 0 Å². The Morgan fingerprint density at radius 1 is 1.50 bits per heavy atom. The predicted octanol–water partition coefficient (Wildman–Crippen LogP) is 0.875. The third-order valence-corrected chi connectivity index (χ3v) is 2.72. The maximum atomic E-state index is 11.4. The number of hydrazine groups is 1. The van der Waals surface area contributed by atoms with Crippen LogP contribution >= 0.6 is 0 Å². The minimum absolute atomic E-state index is 0.0991. The highest BCUT2D eigenvalue weighted by atomic mass is 16.2. The quantitative estimate of drug-likeness (QED) is 0.381. The van der Waals surface area contributed by atoms with Crippen molar-refractivity contribution >= 4 is 5.91 Å². The van der Waals surface area contributed by atoms with E-state index in [4.69, 9.17) is 5.84 Å². The summed E-state index contributed by atoms with van der Waals surface area (Å²) in [5, 5.41) is 0. The van der Waals surface area contributed by atoms with Crippen molar-refractivity contribution in [2.75, 3.05) is 7.05 Å². The molecule has 0 saturated carbocycles. The number of rotatable bonds is 6. The van der Waals surface area contributed by atoms with Gasteiger partial charge >= 0.3 is 0 Å². The van der Waals surface area contributed by atoms with Crippen LogP contribution < -0.4 is 11.3 Å². The van der Waals surface area contributed by atoms with E-state index < -0.39 is 0 Å². The number of carbonyl (C=O) groups excluding carboxylic acids is 1. The first-order valence-electron chi connectivity index (χ1n) is 5.30. The monoisotopic (exact) mass is 201 g/mol. The van der Waals surface area contributed by atoms with E-state index in [0.29, 0.717) is 6.04 Å². The van der Waals surface area contributed by atoms with E-state index in [-0.39, 0.29) is 11.9 Å². The van der Waals surface area contributed by atoms with Crippen molar-refractivity contribution in [3.8, 4) is 0 Å². The van der Waals surface area contributed by atoms with Crippen molar-refractivity contribution in [2.24, 2.45) is 5.84 Å². The molecule has 0 radical (unpaired) electrons. The summed E-state index contributed by atoms with van der Waals surface area (Å²) in [7, 11) is 1.98. The van der Waals surface area contributed by atoms with Crippen LogP contribution in [-0.4, -0.2) is 29.9 Å². The minimum atomic E-state index is -0.110. The summed E-state index contributed by atoms with van der Waals surface area (Å²) in [6.07, 6.45) is 3.02. The molecule has 2 unspecified atom stereocenters. The van der Waals surface area contributed by atoms with Gasteiger partial charge in [0.1, 0.15) is 0 Å². The van der Waals surface area contributed by atoms with Gasteiger partial charge in [0, 0.05) is 6.04 Å². The molecule has 0 aromatic heterocycles. The summed E-state index contributed by atoms with van der Waals surface area (Å²) in [5.41, 5.74) is 2.21. The molecule has 14 heavy (non-hydrogen) atoms. The Morgan fingerprint density at radius 3 is 2.43 bits per heavy atom. The van der Waals surface area contributed by atoms with Crippen LogP contribution in [0.5, 0.6) is 0 Å². The molecule has 0 saturated heterocycles. The maximum Gasteiger partial charge on any atom is 0.251 e. The largest absolute Gasteiger partial charge is 0.293 e. The molecule has 0 fully saturated rings. The first kappa shape index (κ1) is 13.4. The van der Waals surface area contributed by atoms with Crippen LogP contribution in [0.25, 0.3) is 0 Å². The number of nitrogens with one attached hydrogen (secondary N) is 1. The Hall–Kier alpha value is -0.610. The van der Waals surface area contributed by atoms with E-state index in [1.165, 1.54) is 0 Å². The molecule has 84 valence electrons. The van der Waals surface area contributed by atoms with Crippen LogP contribution in [0.2, 0.25) is 0 Å². The molecule has 3 N–H and O–H groups in total. The average molecular weight is 201 g/mol. The lowest BCUT2D eigenvalue weighted by Gasteiger charge is -2.31.